The number of hydrogen-bond donors (Lipinski definition) is 1. The van der Waals surface area contributed by atoms with Gasteiger partial charge in [0.1, 0.15) is 5.69 Å². The molecule has 0 aliphatic rings. The fraction of sp³-hybridized carbons (Fsp3) is 0.0385. The van der Waals surface area contributed by atoms with Crippen LogP contribution in [0.2, 0.25) is 0 Å². The van der Waals surface area contributed by atoms with E-state index < -0.39 is 0 Å². The molecule has 2 heterocycles. The Morgan fingerprint density at radius 2 is 1.78 bits per heavy atom. The first kappa shape index (κ1) is 22.4. The summed E-state index contributed by atoms with van der Waals surface area (Å²) in [6.07, 6.45) is 4.50. The van der Waals surface area contributed by atoms with Gasteiger partial charge in [0.25, 0.3) is 17.5 Å². The minimum Gasteiger partial charge on any atom is -0.494 e. The zero-order chi connectivity index (χ0) is 24.9. The Balaban J connectivity index is 1.64. The molecule has 0 fully saturated rings. The molecule has 2 aromatic heterocycles. The molecule has 0 bridgehead atoms. The summed E-state index contributed by atoms with van der Waals surface area (Å²) in [7, 11) is 1.47. The van der Waals surface area contributed by atoms with E-state index >= 15 is 0 Å². The van der Waals surface area contributed by atoms with Crippen molar-refractivity contribution in [3.8, 4) is 11.7 Å². The van der Waals surface area contributed by atoms with E-state index in [1.54, 1.807) is 36.7 Å². The number of carbonyl (C=O) groups excluding carboxylic acids is 1. The minimum atomic E-state index is -0.357. The van der Waals surface area contributed by atoms with Gasteiger partial charge in [-0.05, 0) is 29.7 Å². The molecule has 1 N–H and O–H groups in total. The quantitative estimate of drug-likeness (QED) is 0.238. The van der Waals surface area contributed by atoms with Gasteiger partial charge in [0.05, 0.1) is 25.4 Å². The Morgan fingerprint density at radius 3 is 2.53 bits per heavy atom. The number of methoxy groups -OCH3 is 1. The first-order valence-corrected chi connectivity index (χ1v) is 10.8. The molecular weight excluding hydrogens is 456 g/mol. The van der Waals surface area contributed by atoms with Gasteiger partial charge in [0, 0.05) is 23.5 Å². The molecular formula is C26H18N8O2. The number of azo groups is 1. The van der Waals surface area contributed by atoms with E-state index in [0.29, 0.717) is 16.9 Å². The number of hydrogen-bond acceptors (Lipinski definition) is 7. The van der Waals surface area contributed by atoms with Crippen molar-refractivity contribution in [1.29, 1.82) is 0 Å². The molecule has 0 radical (unpaired) electrons. The number of fused-ring (bicyclic) bond motifs is 1. The number of nitrogens with zero attached hydrogens (tertiary/aromatic N) is 7. The van der Waals surface area contributed by atoms with Crippen molar-refractivity contribution in [1.82, 2.24) is 19.7 Å². The number of benzene rings is 3. The smallest absolute Gasteiger partial charge is 0.259 e. The van der Waals surface area contributed by atoms with Gasteiger partial charge >= 0.3 is 0 Å². The third-order valence-corrected chi connectivity index (χ3v) is 5.29. The van der Waals surface area contributed by atoms with Crippen molar-refractivity contribution < 1.29 is 9.53 Å². The second-order valence-electron chi connectivity index (χ2n) is 7.47. The number of aromatic nitrogens is 4. The third-order valence-electron chi connectivity index (χ3n) is 5.29. The SMILES string of the molecule is [C-]#[N+]c1cnn(-c2ncccn2)c1/N=N/c1c(OC)c(C(=O)Nc2ccccc2)cc2ccccc12. The van der Waals surface area contributed by atoms with Crippen LogP contribution in [-0.2, 0) is 0 Å². The molecule has 0 aliphatic carbocycles. The maximum absolute atomic E-state index is 13.2. The number of ether oxygens (including phenoxy) is 1. The van der Waals surface area contributed by atoms with Gasteiger partial charge in [-0.25, -0.2) is 14.8 Å². The highest BCUT2D eigenvalue weighted by Crippen LogP contribution is 2.41. The molecule has 0 saturated heterocycles. The first-order chi connectivity index (χ1) is 17.7. The van der Waals surface area contributed by atoms with Gasteiger partial charge in [0.15, 0.2) is 11.6 Å². The lowest BCUT2D eigenvalue weighted by atomic mass is 10.0. The van der Waals surface area contributed by atoms with Crippen LogP contribution in [0.3, 0.4) is 0 Å². The van der Waals surface area contributed by atoms with E-state index in [1.807, 2.05) is 42.5 Å². The molecule has 10 nitrogen and oxygen atoms in total. The summed E-state index contributed by atoms with van der Waals surface area (Å²) >= 11 is 0. The maximum atomic E-state index is 13.2. The van der Waals surface area contributed by atoms with Crippen molar-refractivity contribution in [2.75, 3.05) is 12.4 Å². The lowest BCUT2D eigenvalue weighted by Gasteiger charge is -2.14. The third kappa shape index (κ3) is 4.24. The molecule has 5 rings (SSSR count). The predicted octanol–water partition coefficient (Wildman–Crippen LogP) is 6.04. The highest BCUT2D eigenvalue weighted by molar-refractivity contribution is 6.11. The number of carbonyl (C=O) groups is 1. The topological polar surface area (TPSA) is 111 Å². The average molecular weight is 474 g/mol. The van der Waals surface area contributed by atoms with E-state index in [2.05, 4.69) is 35.5 Å². The van der Waals surface area contributed by atoms with E-state index in [0.717, 1.165) is 10.8 Å². The Labute approximate surface area is 205 Å². The molecule has 1 amide bonds. The molecule has 174 valence electrons. The molecule has 0 saturated carbocycles. The van der Waals surface area contributed by atoms with E-state index in [1.165, 1.54) is 18.0 Å². The van der Waals surface area contributed by atoms with Gasteiger partial charge in [-0.2, -0.15) is 9.78 Å². The van der Waals surface area contributed by atoms with Crippen LogP contribution in [0.1, 0.15) is 10.4 Å². The van der Waals surface area contributed by atoms with Crippen LogP contribution < -0.4 is 10.1 Å². The summed E-state index contributed by atoms with van der Waals surface area (Å²) in [6, 6.07) is 20.0. The summed E-state index contributed by atoms with van der Waals surface area (Å²) in [6.45, 7) is 7.50. The summed E-state index contributed by atoms with van der Waals surface area (Å²) in [5.41, 5.74) is 1.45. The van der Waals surface area contributed by atoms with E-state index in [-0.39, 0.29) is 29.1 Å². The van der Waals surface area contributed by atoms with Crippen LogP contribution >= 0.6 is 0 Å². The Kier molecular flexibility index (Phi) is 6.10. The van der Waals surface area contributed by atoms with Crippen molar-refractivity contribution >= 4 is 39.6 Å². The predicted molar refractivity (Wildman–Crippen MR) is 134 cm³/mol. The van der Waals surface area contributed by atoms with E-state index in [4.69, 9.17) is 11.3 Å². The lowest BCUT2D eigenvalue weighted by molar-refractivity contribution is 0.102. The van der Waals surface area contributed by atoms with Crippen LogP contribution in [0.15, 0.2) is 95.5 Å². The normalized spacial score (nSPS) is 10.9. The van der Waals surface area contributed by atoms with E-state index in [9.17, 15) is 4.79 Å². The molecule has 5 aromatic rings. The van der Waals surface area contributed by atoms with Gasteiger partial charge in [0.2, 0.25) is 0 Å². The Bertz CT molecular complexity index is 1620. The number of para-hydroxylation sites is 1. The second-order valence-corrected chi connectivity index (χ2v) is 7.47. The molecule has 0 spiro atoms. The average Bonchev–Trinajstić information content (AvgIpc) is 3.35. The van der Waals surface area contributed by atoms with Crippen molar-refractivity contribution in [3.63, 3.8) is 0 Å². The summed E-state index contributed by atoms with van der Waals surface area (Å²) in [4.78, 5) is 25.1. The number of amides is 1. The number of anilines is 1. The number of nitrogens with one attached hydrogen (secondary N) is 1. The Hall–Kier alpha value is -5.43. The molecule has 3 aromatic carbocycles. The summed E-state index contributed by atoms with van der Waals surface area (Å²) < 4.78 is 6.99. The number of rotatable bonds is 6. The standard InChI is InChI=1S/C26H18N8O2/c1-27-21-16-30-34(26-28-13-8-14-29-26)24(21)33-32-22-19-12-7-6-9-17(19)15-20(23(22)36-2)25(35)31-18-10-4-3-5-11-18/h3-16H,2H3,(H,31,35)/b33-32+. The van der Waals surface area contributed by atoms with Crippen LogP contribution in [-0.4, -0.2) is 32.8 Å². The fourth-order valence-corrected chi connectivity index (χ4v) is 3.65. The van der Waals surface area contributed by atoms with Crippen molar-refractivity contribution in [2.24, 2.45) is 10.2 Å². The minimum absolute atomic E-state index is 0.154. The monoisotopic (exact) mass is 474 g/mol. The molecule has 0 unspecified atom stereocenters. The fourth-order valence-electron chi connectivity index (χ4n) is 3.65. The maximum Gasteiger partial charge on any atom is 0.259 e. The van der Waals surface area contributed by atoms with Crippen molar-refractivity contribution in [3.05, 3.63) is 102 Å². The van der Waals surface area contributed by atoms with Gasteiger partial charge in [-0.15, -0.1) is 10.2 Å². The second kappa shape index (κ2) is 9.82. The molecule has 0 atom stereocenters. The lowest BCUT2D eigenvalue weighted by Crippen LogP contribution is -2.13. The van der Waals surface area contributed by atoms with Gasteiger partial charge in [-0.3, -0.25) is 4.79 Å². The van der Waals surface area contributed by atoms with Crippen LogP contribution in [0.4, 0.5) is 22.9 Å². The summed E-state index contributed by atoms with van der Waals surface area (Å²) in [5.74, 6) is 0.290. The van der Waals surface area contributed by atoms with Crippen LogP contribution in [0, 0.1) is 6.57 Å². The first-order valence-electron chi connectivity index (χ1n) is 10.8. The zero-order valence-electron chi connectivity index (χ0n) is 19.0. The highest BCUT2D eigenvalue weighted by atomic mass is 16.5. The summed E-state index contributed by atoms with van der Waals surface area (Å²) in [5, 5.41) is 17.4. The van der Waals surface area contributed by atoms with Gasteiger partial charge in [-0.1, -0.05) is 42.5 Å². The highest BCUT2D eigenvalue weighted by Gasteiger charge is 2.21. The Morgan fingerprint density at radius 1 is 1.03 bits per heavy atom. The van der Waals surface area contributed by atoms with Gasteiger partial charge < -0.3 is 10.1 Å². The molecule has 0 aliphatic heterocycles. The van der Waals surface area contributed by atoms with Crippen LogP contribution in [0.25, 0.3) is 21.6 Å². The van der Waals surface area contributed by atoms with Crippen molar-refractivity contribution in [2.45, 2.75) is 0 Å². The molecule has 36 heavy (non-hydrogen) atoms. The molecule has 10 heteroatoms. The largest absolute Gasteiger partial charge is 0.494 e. The zero-order valence-corrected chi connectivity index (χ0v) is 19.0. The van der Waals surface area contributed by atoms with Crippen LogP contribution in [0.5, 0.6) is 5.75 Å².